The molecule has 0 radical (unpaired) electrons. The molecule has 2 heterocycles. The second-order valence-corrected chi connectivity index (χ2v) is 7.92. The van der Waals surface area contributed by atoms with Gasteiger partial charge in [-0.2, -0.15) is 0 Å². The lowest BCUT2D eigenvalue weighted by molar-refractivity contribution is 0.746. The molecule has 0 aliphatic carbocycles. The van der Waals surface area contributed by atoms with Crippen molar-refractivity contribution in [3.63, 3.8) is 0 Å². The van der Waals surface area contributed by atoms with Crippen molar-refractivity contribution in [2.45, 2.75) is 26.3 Å². The van der Waals surface area contributed by atoms with Crippen LogP contribution in [-0.4, -0.2) is 33.8 Å². The van der Waals surface area contributed by atoms with Gasteiger partial charge in [-0.25, -0.2) is 4.99 Å². The van der Waals surface area contributed by atoms with Gasteiger partial charge in [0.05, 0.1) is 0 Å². The highest BCUT2D eigenvalue weighted by Gasteiger charge is 2.05. The normalized spacial score (nSPS) is 11.2. The molecule has 3 rings (SSSR count). The molecule has 2 aromatic heterocycles. The highest BCUT2D eigenvalue weighted by atomic mass is 127. The van der Waals surface area contributed by atoms with E-state index in [-0.39, 0.29) is 24.0 Å². The molecule has 1 aromatic carbocycles. The summed E-state index contributed by atoms with van der Waals surface area (Å²) >= 11 is 7.84. The summed E-state index contributed by atoms with van der Waals surface area (Å²) in [6.07, 6.45) is 1.84. The van der Waals surface area contributed by atoms with Crippen LogP contribution in [0, 0.1) is 6.92 Å². The van der Waals surface area contributed by atoms with Crippen LogP contribution in [-0.2, 0) is 26.4 Å². The first-order valence-electron chi connectivity index (χ1n) is 9.25. The SMILES string of the molecule is Cc1nnc(CN=C(NCCc2cccc(Cl)c2)NCCc2cccs2)n1C.I. The number of aromatic nitrogens is 3. The minimum Gasteiger partial charge on any atom is -0.356 e. The monoisotopic (exact) mass is 544 g/mol. The fourth-order valence-electron chi connectivity index (χ4n) is 2.69. The molecule has 6 nitrogen and oxygen atoms in total. The van der Waals surface area contributed by atoms with E-state index in [9.17, 15) is 0 Å². The number of aryl methyl sites for hydroxylation is 1. The van der Waals surface area contributed by atoms with Crippen LogP contribution in [0.4, 0.5) is 0 Å². The number of hydrogen-bond acceptors (Lipinski definition) is 4. The van der Waals surface area contributed by atoms with E-state index in [0.29, 0.717) is 6.54 Å². The van der Waals surface area contributed by atoms with Crippen molar-refractivity contribution in [3.05, 3.63) is 68.9 Å². The third-order valence-corrected chi connectivity index (χ3v) is 5.57. The van der Waals surface area contributed by atoms with E-state index in [2.05, 4.69) is 49.4 Å². The number of benzene rings is 1. The summed E-state index contributed by atoms with van der Waals surface area (Å²) in [6, 6.07) is 12.2. The van der Waals surface area contributed by atoms with Crippen LogP contribution in [0.15, 0.2) is 46.8 Å². The van der Waals surface area contributed by atoms with Gasteiger partial charge < -0.3 is 15.2 Å². The summed E-state index contributed by atoms with van der Waals surface area (Å²) in [5, 5.41) is 18.0. The average Bonchev–Trinajstić information content (AvgIpc) is 3.30. The third-order valence-electron chi connectivity index (χ3n) is 4.40. The topological polar surface area (TPSA) is 67.1 Å². The summed E-state index contributed by atoms with van der Waals surface area (Å²) in [4.78, 5) is 6.04. The molecule has 0 amide bonds. The second kappa shape index (κ2) is 12.1. The van der Waals surface area contributed by atoms with Gasteiger partial charge in [-0.3, -0.25) is 0 Å². The van der Waals surface area contributed by atoms with Gasteiger partial charge in [0.25, 0.3) is 0 Å². The van der Waals surface area contributed by atoms with Gasteiger partial charge in [0.2, 0.25) is 0 Å². The van der Waals surface area contributed by atoms with E-state index in [1.807, 2.05) is 36.7 Å². The summed E-state index contributed by atoms with van der Waals surface area (Å²) in [7, 11) is 1.96. The molecule has 0 aliphatic rings. The van der Waals surface area contributed by atoms with Crippen LogP contribution in [0.3, 0.4) is 0 Å². The lowest BCUT2D eigenvalue weighted by atomic mass is 10.1. The quantitative estimate of drug-likeness (QED) is 0.256. The first-order valence-corrected chi connectivity index (χ1v) is 10.5. The van der Waals surface area contributed by atoms with Crippen molar-refractivity contribution in [1.82, 2.24) is 25.4 Å². The number of guanidine groups is 1. The zero-order chi connectivity index (χ0) is 19.8. The molecule has 9 heteroatoms. The minimum atomic E-state index is 0. The van der Waals surface area contributed by atoms with Gasteiger partial charge in [-0.05, 0) is 48.9 Å². The largest absolute Gasteiger partial charge is 0.356 e. The fraction of sp³-hybridized carbons (Fsp3) is 0.350. The maximum absolute atomic E-state index is 6.07. The Kier molecular flexibility index (Phi) is 9.89. The van der Waals surface area contributed by atoms with Gasteiger partial charge in [-0.15, -0.1) is 45.5 Å². The molecule has 0 atom stereocenters. The zero-order valence-corrected chi connectivity index (χ0v) is 20.5. The van der Waals surface area contributed by atoms with Crippen molar-refractivity contribution in [1.29, 1.82) is 0 Å². The molecular weight excluding hydrogens is 519 g/mol. The van der Waals surface area contributed by atoms with Crippen molar-refractivity contribution in [2.24, 2.45) is 12.0 Å². The zero-order valence-electron chi connectivity index (χ0n) is 16.6. The van der Waals surface area contributed by atoms with Gasteiger partial charge in [-0.1, -0.05) is 29.8 Å². The van der Waals surface area contributed by atoms with Crippen LogP contribution in [0.25, 0.3) is 0 Å². The Morgan fingerprint density at radius 1 is 1.14 bits per heavy atom. The predicted molar refractivity (Wildman–Crippen MR) is 131 cm³/mol. The van der Waals surface area contributed by atoms with Crippen LogP contribution < -0.4 is 10.6 Å². The molecule has 2 N–H and O–H groups in total. The number of nitrogens with zero attached hydrogens (tertiary/aromatic N) is 4. The number of hydrogen-bond donors (Lipinski definition) is 2. The Labute approximate surface area is 197 Å². The minimum absolute atomic E-state index is 0. The second-order valence-electron chi connectivity index (χ2n) is 6.45. The Morgan fingerprint density at radius 2 is 1.93 bits per heavy atom. The van der Waals surface area contributed by atoms with E-state index < -0.39 is 0 Å². The smallest absolute Gasteiger partial charge is 0.191 e. The first kappa shape index (κ1) is 23.6. The summed E-state index contributed by atoms with van der Waals surface area (Å²) in [5.74, 6) is 2.50. The van der Waals surface area contributed by atoms with Gasteiger partial charge >= 0.3 is 0 Å². The maximum atomic E-state index is 6.07. The number of nitrogens with one attached hydrogen (secondary N) is 2. The standard InChI is InChI=1S/C20H25ClN6S.HI/c1-15-25-26-19(27(15)2)14-24-20(23-11-9-18-7-4-12-28-18)22-10-8-16-5-3-6-17(21)13-16;/h3-7,12-13H,8-11,14H2,1-2H3,(H2,22,23,24);1H. The molecule has 0 spiro atoms. The van der Waals surface area contributed by atoms with Crippen LogP contribution >= 0.6 is 46.9 Å². The molecule has 0 saturated heterocycles. The van der Waals surface area contributed by atoms with E-state index in [1.165, 1.54) is 10.4 Å². The Hall–Kier alpha value is -1.65. The van der Waals surface area contributed by atoms with E-state index in [4.69, 9.17) is 11.6 Å². The van der Waals surface area contributed by atoms with Gasteiger partial charge in [0.15, 0.2) is 11.8 Å². The molecular formula is C20H26ClIN6S. The first-order chi connectivity index (χ1) is 13.6. The molecule has 0 aliphatic heterocycles. The summed E-state index contributed by atoms with van der Waals surface area (Å²) in [6.45, 7) is 4.00. The number of halogens is 2. The maximum Gasteiger partial charge on any atom is 0.191 e. The predicted octanol–water partition coefficient (Wildman–Crippen LogP) is 3.98. The molecule has 29 heavy (non-hydrogen) atoms. The lowest BCUT2D eigenvalue weighted by Crippen LogP contribution is -2.39. The summed E-state index contributed by atoms with van der Waals surface area (Å²) < 4.78 is 1.96. The highest BCUT2D eigenvalue weighted by Crippen LogP contribution is 2.11. The average molecular weight is 545 g/mol. The van der Waals surface area contributed by atoms with Crippen molar-refractivity contribution in [3.8, 4) is 0 Å². The molecule has 0 saturated carbocycles. The third kappa shape index (κ3) is 7.60. The molecule has 3 aromatic rings. The number of thiophene rings is 1. The van der Waals surface area contributed by atoms with Crippen molar-refractivity contribution < 1.29 is 0 Å². The van der Waals surface area contributed by atoms with Crippen LogP contribution in [0.5, 0.6) is 0 Å². The van der Waals surface area contributed by atoms with Crippen LogP contribution in [0.1, 0.15) is 22.1 Å². The van der Waals surface area contributed by atoms with Crippen LogP contribution in [0.2, 0.25) is 5.02 Å². The highest BCUT2D eigenvalue weighted by molar-refractivity contribution is 14.0. The Morgan fingerprint density at radius 3 is 2.59 bits per heavy atom. The van der Waals surface area contributed by atoms with E-state index in [0.717, 1.165) is 48.6 Å². The number of aliphatic imine (C=N–C) groups is 1. The van der Waals surface area contributed by atoms with E-state index >= 15 is 0 Å². The van der Waals surface area contributed by atoms with Gasteiger partial charge in [0.1, 0.15) is 12.4 Å². The van der Waals surface area contributed by atoms with Crippen molar-refractivity contribution >= 4 is 52.9 Å². The molecule has 0 bridgehead atoms. The number of rotatable bonds is 8. The van der Waals surface area contributed by atoms with E-state index in [1.54, 1.807) is 11.3 Å². The fourth-order valence-corrected chi connectivity index (χ4v) is 3.61. The Balaban J connectivity index is 0.00000300. The molecule has 0 unspecified atom stereocenters. The van der Waals surface area contributed by atoms with Crippen molar-refractivity contribution in [2.75, 3.05) is 13.1 Å². The molecule has 0 fully saturated rings. The lowest BCUT2D eigenvalue weighted by Gasteiger charge is -2.12. The Bertz CT molecular complexity index is 910. The molecule has 156 valence electrons. The van der Waals surface area contributed by atoms with Gasteiger partial charge in [0, 0.05) is 30.0 Å². The summed E-state index contributed by atoms with van der Waals surface area (Å²) in [5.41, 5.74) is 1.20.